The number of hydrogen-bond acceptors (Lipinski definition) is 2. The van der Waals surface area contributed by atoms with Crippen LogP contribution in [0.1, 0.15) is 89.2 Å². The summed E-state index contributed by atoms with van der Waals surface area (Å²) >= 11 is 0. The van der Waals surface area contributed by atoms with E-state index in [0.717, 1.165) is 30.6 Å². The van der Waals surface area contributed by atoms with Gasteiger partial charge in [0.05, 0.1) is 0 Å². The Hall–Kier alpha value is -1.96. The van der Waals surface area contributed by atoms with Gasteiger partial charge in [-0.3, -0.25) is 0 Å². The second-order valence-corrected chi connectivity index (χ2v) is 7.80. The number of aromatic hydroxyl groups is 1. The molecule has 0 aliphatic rings. The summed E-state index contributed by atoms with van der Waals surface area (Å²) in [6.45, 7) is 4.48. The third-order valence-electron chi connectivity index (χ3n) is 5.36. The van der Waals surface area contributed by atoms with E-state index in [1.165, 1.54) is 63.4 Å². The summed E-state index contributed by atoms with van der Waals surface area (Å²) in [4.78, 5) is 0. The fourth-order valence-corrected chi connectivity index (χ4v) is 3.64. The van der Waals surface area contributed by atoms with Gasteiger partial charge in [0, 0.05) is 0 Å². The van der Waals surface area contributed by atoms with Crippen molar-refractivity contribution in [2.45, 2.75) is 90.9 Å². The molecule has 28 heavy (non-hydrogen) atoms. The summed E-state index contributed by atoms with van der Waals surface area (Å²) in [6.07, 6.45) is 14.6. The molecule has 0 spiro atoms. The summed E-state index contributed by atoms with van der Waals surface area (Å²) in [7, 11) is 0. The van der Waals surface area contributed by atoms with Crippen LogP contribution in [0, 0.1) is 0 Å². The summed E-state index contributed by atoms with van der Waals surface area (Å²) in [6, 6.07) is 14.0. The molecular formula is C26H38O2. The van der Waals surface area contributed by atoms with Gasteiger partial charge in [-0.05, 0) is 48.9 Å². The van der Waals surface area contributed by atoms with Crippen molar-refractivity contribution in [3.8, 4) is 17.2 Å². The van der Waals surface area contributed by atoms with Gasteiger partial charge in [-0.2, -0.15) is 0 Å². The van der Waals surface area contributed by atoms with E-state index in [2.05, 4.69) is 32.0 Å². The SMILES string of the molecule is CCCCCCCCc1ccccc1Oc1c(O)cccc1CCCCCC. The molecule has 2 aromatic rings. The van der Waals surface area contributed by atoms with Crippen molar-refractivity contribution in [3.63, 3.8) is 0 Å². The Bertz CT molecular complexity index is 678. The molecule has 0 aliphatic heterocycles. The standard InChI is InChI=1S/C26H38O2/c1-3-5-7-9-10-12-16-22-17-13-14-21-25(22)28-26-23(18-11-8-6-4-2)19-15-20-24(26)27/h13-15,17,19-21,27H,3-12,16,18H2,1-2H3. The number of hydrogen-bond donors (Lipinski definition) is 1. The molecule has 2 nitrogen and oxygen atoms in total. The molecule has 0 radical (unpaired) electrons. The fraction of sp³-hybridized carbons (Fsp3) is 0.538. The quantitative estimate of drug-likeness (QED) is 0.333. The second kappa shape index (κ2) is 13.3. The second-order valence-electron chi connectivity index (χ2n) is 7.80. The van der Waals surface area contributed by atoms with Crippen LogP contribution >= 0.6 is 0 Å². The van der Waals surface area contributed by atoms with Crippen molar-refractivity contribution in [2.24, 2.45) is 0 Å². The smallest absolute Gasteiger partial charge is 0.172 e. The molecule has 0 atom stereocenters. The zero-order valence-electron chi connectivity index (χ0n) is 17.9. The van der Waals surface area contributed by atoms with Gasteiger partial charge in [-0.1, -0.05) is 95.5 Å². The maximum atomic E-state index is 10.4. The minimum Gasteiger partial charge on any atom is -0.504 e. The number of unbranched alkanes of at least 4 members (excludes halogenated alkanes) is 8. The number of phenols is 1. The van der Waals surface area contributed by atoms with Crippen molar-refractivity contribution in [1.29, 1.82) is 0 Å². The molecule has 0 aromatic heterocycles. The van der Waals surface area contributed by atoms with Crippen LogP contribution in [0.15, 0.2) is 42.5 Å². The molecule has 0 saturated carbocycles. The zero-order valence-corrected chi connectivity index (χ0v) is 17.9. The molecule has 2 heteroatoms. The third kappa shape index (κ3) is 7.58. The Balaban J connectivity index is 2.01. The molecule has 2 rings (SSSR count). The molecular weight excluding hydrogens is 344 g/mol. The third-order valence-corrected chi connectivity index (χ3v) is 5.36. The van der Waals surface area contributed by atoms with E-state index in [1.54, 1.807) is 6.07 Å². The molecule has 2 aromatic carbocycles. The van der Waals surface area contributed by atoms with E-state index in [4.69, 9.17) is 4.74 Å². The molecule has 0 aliphatic carbocycles. The zero-order chi connectivity index (χ0) is 20.0. The van der Waals surface area contributed by atoms with Crippen LogP contribution in [0.5, 0.6) is 17.2 Å². The van der Waals surface area contributed by atoms with Gasteiger partial charge in [0.15, 0.2) is 11.5 Å². The van der Waals surface area contributed by atoms with Gasteiger partial charge in [0.1, 0.15) is 5.75 Å². The number of ether oxygens (including phenoxy) is 1. The first-order valence-corrected chi connectivity index (χ1v) is 11.3. The highest BCUT2D eigenvalue weighted by atomic mass is 16.5. The highest BCUT2D eigenvalue weighted by molar-refractivity contribution is 5.49. The van der Waals surface area contributed by atoms with Crippen LogP contribution in [0.25, 0.3) is 0 Å². The molecule has 0 amide bonds. The summed E-state index contributed by atoms with van der Waals surface area (Å²) < 4.78 is 6.27. The molecule has 0 fully saturated rings. The predicted molar refractivity (Wildman–Crippen MR) is 120 cm³/mol. The van der Waals surface area contributed by atoms with Crippen molar-refractivity contribution in [1.82, 2.24) is 0 Å². The van der Waals surface area contributed by atoms with E-state index in [9.17, 15) is 5.11 Å². The van der Waals surface area contributed by atoms with Gasteiger partial charge in [-0.15, -0.1) is 0 Å². The van der Waals surface area contributed by atoms with E-state index >= 15 is 0 Å². The Morgan fingerprint density at radius 3 is 1.96 bits per heavy atom. The Kier molecular flexibility index (Phi) is 10.6. The van der Waals surface area contributed by atoms with E-state index < -0.39 is 0 Å². The van der Waals surface area contributed by atoms with Crippen LogP contribution in [-0.2, 0) is 12.8 Å². The molecule has 0 bridgehead atoms. The number of rotatable bonds is 14. The van der Waals surface area contributed by atoms with E-state index in [-0.39, 0.29) is 5.75 Å². The lowest BCUT2D eigenvalue weighted by atomic mass is 10.0. The van der Waals surface area contributed by atoms with Gasteiger partial charge in [0.2, 0.25) is 0 Å². The van der Waals surface area contributed by atoms with Crippen LogP contribution in [-0.4, -0.2) is 5.11 Å². The molecule has 154 valence electrons. The highest BCUT2D eigenvalue weighted by Gasteiger charge is 2.12. The van der Waals surface area contributed by atoms with Gasteiger partial charge in [0.25, 0.3) is 0 Å². The monoisotopic (exact) mass is 382 g/mol. The molecule has 0 saturated heterocycles. The van der Waals surface area contributed by atoms with E-state index in [1.807, 2.05) is 18.2 Å². The Morgan fingerprint density at radius 1 is 0.643 bits per heavy atom. The molecule has 0 unspecified atom stereocenters. The van der Waals surface area contributed by atoms with Crippen molar-refractivity contribution in [2.75, 3.05) is 0 Å². The number of phenolic OH excluding ortho intramolecular Hbond substituents is 1. The van der Waals surface area contributed by atoms with Crippen LogP contribution in [0.4, 0.5) is 0 Å². The lowest BCUT2D eigenvalue weighted by Gasteiger charge is -2.15. The normalized spacial score (nSPS) is 10.9. The predicted octanol–water partition coefficient (Wildman–Crippen LogP) is 8.21. The van der Waals surface area contributed by atoms with Gasteiger partial charge >= 0.3 is 0 Å². The minimum atomic E-state index is 0.238. The first-order valence-electron chi connectivity index (χ1n) is 11.3. The van der Waals surface area contributed by atoms with Gasteiger partial charge in [-0.25, -0.2) is 0 Å². The van der Waals surface area contributed by atoms with Crippen molar-refractivity contribution < 1.29 is 9.84 Å². The maximum Gasteiger partial charge on any atom is 0.172 e. The topological polar surface area (TPSA) is 29.5 Å². The highest BCUT2D eigenvalue weighted by Crippen LogP contribution is 2.36. The summed E-state index contributed by atoms with van der Waals surface area (Å²) in [5.74, 6) is 1.75. The summed E-state index contributed by atoms with van der Waals surface area (Å²) in [5, 5.41) is 10.4. The fourth-order valence-electron chi connectivity index (χ4n) is 3.64. The number of aryl methyl sites for hydroxylation is 2. The largest absolute Gasteiger partial charge is 0.504 e. The van der Waals surface area contributed by atoms with Crippen molar-refractivity contribution in [3.05, 3.63) is 53.6 Å². The van der Waals surface area contributed by atoms with Crippen LogP contribution < -0.4 is 4.74 Å². The Morgan fingerprint density at radius 2 is 1.21 bits per heavy atom. The number of para-hydroxylation sites is 2. The number of benzene rings is 2. The Labute approximate surface area is 172 Å². The average molecular weight is 383 g/mol. The minimum absolute atomic E-state index is 0.238. The van der Waals surface area contributed by atoms with Crippen LogP contribution in [0.3, 0.4) is 0 Å². The first kappa shape index (κ1) is 22.3. The lowest BCUT2D eigenvalue weighted by Crippen LogP contribution is -1.97. The van der Waals surface area contributed by atoms with Crippen LogP contribution in [0.2, 0.25) is 0 Å². The first-order chi connectivity index (χ1) is 13.8. The summed E-state index contributed by atoms with van der Waals surface area (Å²) in [5.41, 5.74) is 2.34. The van der Waals surface area contributed by atoms with E-state index in [0.29, 0.717) is 5.75 Å². The average Bonchev–Trinajstić information content (AvgIpc) is 2.71. The van der Waals surface area contributed by atoms with Gasteiger partial charge < -0.3 is 9.84 Å². The molecule has 1 N–H and O–H groups in total. The lowest BCUT2D eigenvalue weighted by molar-refractivity contribution is 0.403. The van der Waals surface area contributed by atoms with Crippen molar-refractivity contribution >= 4 is 0 Å². The maximum absolute atomic E-state index is 10.4. The molecule has 0 heterocycles.